The molecule has 0 saturated heterocycles. The van der Waals surface area contributed by atoms with E-state index in [1.54, 1.807) is 25.6 Å². The van der Waals surface area contributed by atoms with Crippen LogP contribution in [0, 0.1) is 6.92 Å². The molecule has 24 heavy (non-hydrogen) atoms. The van der Waals surface area contributed by atoms with Gasteiger partial charge in [0.2, 0.25) is 5.91 Å². The zero-order chi connectivity index (χ0) is 17.3. The van der Waals surface area contributed by atoms with E-state index in [0.717, 1.165) is 28.4 Å². The Hall–Kier alpha value is -2.08. The largest absolute Gasteiger partial charge is 0.493 e. The number of hydrogen-bond donors (Lipinski definition) is 0. The summed E-state index contributed by atoms with van der Waals surface area (Å²) in [5.41, 5.74) is 3.20. The van der Waals surface area contributed by atoms with Crippen LogP contribution in [0.2, 0.25) is 0 Å². The molecule has 1 aromatic heterocycles. The minimum atomic E-state index is 0.0146. The van der Waals surface area contributed by atoms with Crippen molar-refractivity contribution in [1.82, 2.24) is 9.88 Å². The molecule has 1 aliphatic rings. The Labute approximate surface area is 146 Å². The van der Waals surface area contributed by atoms with Gasteiger partial charge >= 0.3 is 0 Å². The van der Waals surface area contributed by atoms with Gasteiger partial charge in [0.15, 0.2) is 11.5 Å². The Morgan fingerprint density at radius 1 is 1.33 bits per heavy atom. The number of ether oxygens (including phenoxy) is 2. The van der Waals surface area contributed by atoms with Crippen LogP contribution in [0.1, 0.15) is 34.8 Å². The van der Waals surface area contributed by atoms with E-state index in [1.165, 1.54) is 5.56 Å². The van der Waals surface area contributed by atoms with E-state index < -0.39 is 0 Å². The molecule has 1 unspecified atom stereocenters. The van der Waals surface area contributed by atoms with Crippen LogP contribution in [-0.2, 0) is 17.6 Å². The first-order chi connectivity index (χ1) is 11.5. The van der Waals surface area contributed by atoms with Gasteiger partial charge in [0, 0.05) is 11.9 Å². The molecule has 5 nitrogen and oxygen atoms in total. The molecule has 2 heterocycles. The van der Waals surface area contributed by atoms with Crippen LogP contribution in [-0.4, -0.2) is 36.6 Å². The third-order valence-corrected chi connectivity index (χ3v) is 5.33. The topological polar surface area (TPSA) is 51.7 Å². The van der Waals surface area contributed by atoms with Crippen LogP contribution in [0.4, 0.5) is 0 Å². The van der Waals surface area contributed by atoms with Gasteiger partial charge in [0.1, 0.15) is 0 Å². The maximum Gasteiger partial charge on any atom is 0.229 e. The lowest BCUT2D eigenvalue weighted by atomic mass is 9.92. The number of nitrogens with zero attached hydrogens (tertiary/aromatic N) is 2. The standard InChI is InChI=1S/C18H22N2O3S/c1-11-15-9-17(23-4)16(22-3)7-13(15)5-6-20(11)18(21)8-14-10-24-12(2)19-14/h7,9-11H,5-6,8H2,1-4H3. The van der Waals surface area contributed by atoms with Crippen LogP contribution < -0.4 is 9.47 Å². The summed E-state index contributed by atoms with van der Waals surface area (Å²) < 4.78 is 10.8. The van der Waals surface area contributed by atoms with Gasteiger partial charge in [-0.3, -0.25) is 4.79 Å². The van der Waals surface area contributed by atoms with Gasteiger partial charge in [-0.1, -0.05) is 0 Å². The van der Waals surface area contributed by atoms with Crippen LogP contribution >= 0.6 is 11.3 Å². The second-order valence-corrected chi connectivity index (χ2v) is 7.02. The first-order valence-corrected chi connectivity index (χ1v) is 8.86. The molecule has 6 heteroatoms. The van der Waals surface area contributed by atoms with Crippen LogP contribution in [0.3, 0.4) is 0 Å². The zero-order valence-electron chi connectivity index (χ0n) is 14.5. The Bertz CT molecular complexity index is 757. The summed E-state index contributed by atoms with van der Waals surface area (Å²) in [5, 5.41) is 2.95. The molecular formula is C18H22N2O3S. The number of methoxy groups -OCH3 is 2. The van der Waals surface area contributed by atoms with Gasteiger partial charge in [-0.2, -0.15) is 0 Å². The number of aryl methyl sites for hydroxylation is 1. The van der Waals surface area contributed by atoms with Gasteiger partial charge < -0.3 is 14.4 Å². The molecule has 2 aromatic rings. The monoisotopic (exact) mass is 346 g/mol. The molecule has 128 valence electrons. The number of thiazole rings is 1. The molecule has 1 aromatic carbocycles. The minimum absolute atomic E-state index is 0.0146. The van der Waals surface area contributed by atoms with Gasteiger partial charge in [0.05, 0.1) is 37.4 Å². The number of carbonyl (C=O) groups excluding carboxylic acids is 1. The zero-order valence-corrected chi connectivity index (χ0v) is 15.3. The second kappa shape index (κ2) is 6.81. The lowest BCUT2D eigenvalue weighted by Crippen LogP contribution is -2.39. The lowest BCUT2D eigenvalue weighted by Gasteiger charge is -2.35. The summed E-state index contributed by atoms with van der Waals surface area (Å²) in [6, 6.07) is 4.03. The predicted molar refractivity (Wildman–Crippen MR) is 93.9 cm³/mol. The highest BCUT2D eigenvalue weighted by Gasteiger charge is 2.29. The fourth-order valence-electron chi connectivity index (χ4n) is 3.23. The van der Waals surface area contributed by atoms with E-state index in [2.05, 4.69) is 11.9 Å². The predicted octanol–water partition coefficient (Wildman–Crippen LogP) is 3.16. The number of benzene rings is 1. The van der Waals surface area contributed by atoms with Crippen molar-refractivity contribution in [2.45, 2.75) is 32.7 Å². The summed E-state index contributed by atoms with van der Waals surface area (Å²) in [4.78, 5) is 19.0. The van der Waals surface area contributed by atoms with Gasteiger partial charge in [-0.25, -0.2) is 4.98 Å². The van der Waals surface area contributed by atoms with Crippen LogP contribution in [0.5, 0.6) is 11.5 Å². The minimum Gasteiger partial charge on any atom is -0.493 e. The lowest BCUT2D eigenvalue weighted by molar-refractivity contribution is -0.133. The molecule has 0 saturated carbocycles. The average Bonchev–Trinajstić information content (AvgIpc) is 2.98. The molecule has 0 N–H and O–H groups in total. The fraction of sp³-hybridized carbons (Fsp3) is 0.444. The van der Waals surface area contributed by atoms with Crippen LogP contribution in [0.25, 0.3) is 0 Å². The van der Waals surface area contributed by atoms with E-state index in [4.69, 9.17) is 9.47 Å². The van der Waals surface area contributed by atoms with Gasteiger partial charge in [-0.05, 0) is 43.5 Å². The molecule has 1 atom stereocenters. The molecule has 3 rings (SSSR count). The maximum atomic E-state index is 12.7. The Kier molecular flexibility index (Phi) is 4.76. The number of fused-ring (bicyclic) bond motifs is 1. The van der Waals surface area contributed by atoms with Crippen molar-refractivity contribution in [3.05, 3.63) is 39.3 Å². The summed E-state index contributed by atoms with van der Waals surface area (Å²) in [7, 11) is 3.27. The normalized spacial score (nSPS) is 16.7. The van der Waals surface area contributed by atoms with Gasteiger partial charge in [0.25, 0.3) is 0 Å². The molecular weight excluding hydrogens is 324 g/mol. The quantitative estimate of drug-likeness (QED) is 0.853. The highest BCUT2D eigenvalue weighted by molar-refractivity contribution is 7.09. The molecule has 0 bridgehead atoms. The van der Waals surface area contributed by atoms with E-state index in [9.17, 15) is 4.79 Å². The number of rotatable bonds is 4. The van der Waals surface area contributed by atoms with E-state index in [-0.39, 0.29) is 11.9 Å². The Morgan fingerprint density at radius 3 is 2.67 bits per heavy atom. The van der Waals surface area contributed by atoms with Crippen LogP contribution in [0.15, 0.2) is 17.5 Å². The van der Waals surface area contributed by atoms with E-state index in [0.29, 0.717) is 18.7 Å². The number of hydrogen-bond acceptors (Lipinski definition) is 5. The first-order valence-electron chi connectivity index (χ1n) is 7.98. The number of amides is 1. The van der Waals surface area contributed by atoms with Crippen molar-refractivity contribution >= 4 is 17.2 Å². The molecule has 1 amide bonds. The summed E-state index contributed by atoms with van der Waals surface area (Å²) in [6.45, 7) is 4.73. The van der Waals surface area contributed by atoms with Crippen molar-refractivity contribution < 1.29 is 14.3 Å². The van der Waals surface area contributed by atoms with E-state index >= 15 is 0 Å². The molecule has 1 aliphatic heterocycles. The summed E-state index contributed by atoms with van der Waals surface area (Å²) >= 11 is 1.58. The van der Waals surface area contributed by atoms with Crippen molar-refractivity contribution in [2.75, 3.05) is 20.8 Å². The molecule has 0 spiro atoms. The summed E-state index contributed by atoms with van der Waals surface area (Å²) in [5.74, 6) is 1.56. The third kappa shape index (κ3) is 3.11. The van der Waals surface area contributed by atoms with Crippen molar-refractivity contribution in [3.8, 4) is 11.5 Å². The Balaban J connectivity index is 1.83. The SMILES string of the molecule is COc1cc2c(cc1OC)C(C)N(C(=O)Cc1csc(C)n1)CC2. The molecule has 0 radical (unpaired) electrons. The van der Waals surface area contributed by atoms with Crippen molar-refractivity contribution in [3.63, 3.8) is 0 Å². The van der Waals surface area contributed by atoms with Gasteiger partial charge in [-0.15, -0.1) is 11.3 Å². The van der Waals surface area contributed by atoms with E-state index in [1.807, 2.05) is 29.3 Å². The fourth-order valence-corrected chi connectivity index (χ4v) is 3.84. The highest BCUT2D eigenvalue weighted by Crippen LogP contribution is 2.38. The second-order valence-electron chi connectivity index (χ2n) is 5.95. The van der Waals surface area contributed by atoms with Crippen molar-refractivity contribution in [1.29, 1.82) is 0 Å². The van der Waals surface area contributed by atoms with Crippen molar-refractivity contribution in [2.24, 2.45) is 0 Å². The smallest absolute Gasteiger partial charge is 0.229 e. The average molecular weight is 346 g/mol. The number of aromatic nitrogens is 1. The maximum absolute atomic E-state index is 12.7. The number of carbonyl (C=O) groups is 1. The molecule has 0 fully saturated rings. The Morgan fingerprint density at radius 2 is 2.04 bits per heavy atom. The molecule has 0 aliphatic carbocycles. The third-order valence-electron chi connectivity index (χ3n) is 4.50. The highest BCUT2D eigenvalue weighted by atomic mass is 32.1. The summed E-state index contributed by atoms with van der Waals surface area (Å²) in [6.07, 6.45) is 1.18. The first kappa shape index (κ1) is 16.8.